The van der Waals surface area contributed by atoms with Crippen LogP contribution in [0.1, 0.15) is 35.8 Å². The van der Waals surface area contributed by atoms with Crippen molar-refractivity contribution in [2.45, 2.75) is 31.8 Å². The SMILES string of the molecule is N#Cc1ccc(N2CCc3c(ncn3C3CC3)C2)nc1. The van der Waals surface area contributed by atoms with Gasteiger partial charge in [-0.1, -0.05) is 0 Å². The first kappa shape index (κ1) is 11.5. The molecule has 0 spiro atoms. The molecule has 1 fully saturated rings. The van der Waals surface area contributed by atoms with E-state index in [1.54, 1.807) is 6.20 Å². The molecule has 100 valence electrons. The van der Waals surface area contributed by atoms with Crippen molar-refractivity contribution < 1.29 is 0 Å². The summed E-state index contributed by atoms with van der Waals surface area (Å²) in [5, 5.41) is 8.81. The van der Waals surface area contributed by atoms with Gasteiger partial charge in [0, 0.05) is 30.9 Å². The van der Waals surface area contributed by atoms with E-state index in [1.807, 2.05) is 18.5 Å². The Morgan fingerprint density at radius 2 is 2.15 bits per heavy atom. The van der Waals surface area contributed by atoms with Gasteiger partial charge in [-0.25, -0.2) is 9.97 Å². The molecule has 2 aliphatic rings. The number of nitrogens with zero attached hydrogens (tertiary/aromatic N) is 5. The number of hydrogen-bond acceptors (Lipinski definition) is 4. The largest absolute Gasteiger partial charge is 0.350 e. The molecule has 0 N–H and O–H groups in total. The topological polar surface area (TPSA) is 57.7 Å². The average molecular weight is 265 g/mol. The van der Waals surface area contributed by atoms with E-state index in [4.69, 9.17) is 5.26 Å². The maximum Gasteiger partial charge on any atom is 0.128 e. The van der Waals surface area contributed by atoms with Crippen LogP contribution >= 0.6 is 0 Å². The maximum absolute atomic E-state index is 8.81. The second kappa shape index (κ2) is 4.34. The third-order valence-corrected chi connectivity index (χ3v) is 4.08. The summed E-state index contributed by atoms with van der Waals surface area (Å²) >= 11 is 0. The van der Waals surface area contributed by atoms with Gasteiger partial charge in [0.25, 0.3) is 0 Å². The fraction of sp³-hybridized carbons (Fsp3) is 0.400. The molecule has 5 heteroatoms. The van der Waals surface area contributed by atoms with E-state index >= 15 is 0 Å². The highest BCUT2D eigenvalue weighted by Crippen LogP contribution is 2.37. The second-order valence-electron chi connectivity index (χ2n) is 5.46. The standard InChI is InChI=1S/C15H15N5/c16-7-11-1-4-15(17-8-11)19-6-5-14-13(9-19)18-10-20(14)12-2-3-12/h1,4,8,10,12H,2-3,5-6,9H2. The van der Waals surface area contributed by atoms with Crippen molar-refractivity contribution in [1.82, 2.24) is 14.5 Å². The molecule has 1 aliphatic carbocycles. The maximum atomic E-state index is 8.81. The van der Waals surface area contributed by atoms with Gasteiger partial charge in [0.1, 0.15) is 11.9 Å². The molecule has 2 aromatic rings. The van der Waals surface area contributed by atoms with Gasteiger partial charge in [0.2, 0.25) is 0 Å². The van der Waals surface area contributed by atoms with Crippen LogP contribution in [-0.2, 0) is 13.0 Å². The van der Waals surface area contributed by atoms with Crippen molar-refractivity contribution in [2.24, 2.45) is 0 Å². The van der Waals surface area contributed by atoms with Crippen LogP contribution in [0.2, 0.25) is 0 Å². The molecule has 3 heterocycles. The minimum atomic E-state index is 0.601. The molecule has 2 aromatic heterocycles. The van der Waals surface area contributed by atoms with Gasteiger partial charge >= 0.3 is 0 Å². The zero-order chi connectivity index (χ0) is 13.5. The highest BCUT2D eigenvalue weighted by Gasteiger charge is 2.29. The Labute approximate surface area is 117 Å². The molecule has 20 heavy (non-hydrogen) atoms. The summed E-state index contributed by atoms with van der Waals surface area (Å²) < 4.78 is 2.36. The van der Waals surface area contributed by atoms with E-state index in [0.29, 0.717) is 11.6 Å². The number of aromatic nitrogens is 3. The molecular weight excluding hydrogens is 250 g/mol. The predicted molar refractivity (Wildman–Crippen MR) is 74.2 cm³/mol. The van der Waals surface area contributed by atoms with Crippen LogP contribution in [0.3, 0.4) is 0 Å². The highest BCUT2D eigenvalue weighted by atomic mass is 15.2. The Balaban J connectivity index is 1.58. The first-order valence-electron chi connectivity index (χ1n) is 7.01. The van der Waals surface area contributed by atoms with Crippen molar-refractivity contribution in [3.63, 3.8) is 0 Å². The normalized spacial score (nSPS) is 17.6. The number of imidazole rings is 1. The first-order chi connectivity index (χ1) is 9.85. The van der Waals surface area contributed by atoms with E-state index < -0.39 is 0 Å². The Hall–Kier alpha value is -2.35. The first-order valence-corrected chi connectivity index (χ1v) is 7.01. The van der Waals surface area contributed by atoms with Crippen LogP contribution in [0.15, 0.2) is 24.7 Å². The average Bonchev–Trinajstić information content (AvgIpc) is 3.26. The molecule has 1 aliphatic heterocycles. The van der Waals surface area contributed by atoms with E-state index in [1.165, 1.54) is 24.2 Å². The zero-order valence-corrected chi connectivity index (χ0v) is 11.2. The van der Waals surface area contributed by atoms with E-state index in [2.05, 4.69) is 25.5 Å². The fourth-order valence-corrected chi connectivity index (χ4v) is 2.83. The van der Waals surface area contributed by atoms with Gasteiger partial charge in [-0.15, -0.1) is 0 Å². The molecule has 1 saturated carbocycles. The predicted octanol–water partition coefficient (Wildman–Crippen LogP) is 2.05. The summed E-state index contributed by atoms with van der Waals surface area (Å²) in [6.07, 6.45) is 7.24. The minimum Gasteiger partial charge on any atom is -0.350 e. The molecule has 0 saturated heterocycles. The van der Waals surface area contributed by atoms with Crippen LogP contribution in [0.25, 0.3) is 0 Å². The Kier molecular flexibility index (Phi) is 2.49. The van der Waals surface area contributed by atoms with Crippen molar-refractivity contribution in [3.8, 4) is 6.07 Å². The fourth-order valence-electron chi connectivity index (χ4n) is 2.83. The van der Waals surface area contributed by atoms with Gasteiger partial charge in [-0.05, 0) is 25.0 Å². The summed E-state index contributed by atoms with van der Waals surface area (Å²) in [4.78, 5) is 11.2. The van der Waals surface area contributed by atoms with Crippen molar-refractivity contribution in [1.29, 1.82) is 5.26 Å². The van der Waals surface area contributed by atoms with Gasteiger partial charge in [0.05, 0.1) is 24.1 Å². The number of anilines is 1. The number of nitriles is 1. The molecule has 0 bridgehead atoms. The quantitative estimate of drug-likeness (QED) is 0.834. The summed E-state index contributed by atoms with van der Waals surface area (Å²) in [5.41, 5.74) is 3.18. The summed E-state index contributed by atoms with van der Waals surface area (Å²) in [7, 11) is 0. The summed E-state index contributed by atoms with van der Waals surface area (Å²) in [5.74, 6) is 0.927. The third-order valence-electron chi connectivity index (χ3n) is 4.08. The number of pyridine rings is 1. The lowest BCUT2D eigenvalue weighted by Gasteiger charge is -2.28. The number of fused-ring (bicyclic) bond motifs is 1. The molecule has 0 amide bonds. The smallest absolute Gasteiger partial charge is 0.128 e. The summed E-state index contributed by atoms with van der Waals surface area (Å²) in [6.45, 7) is 1.78. The Bertz CT molecular complexity index is 675. The lowest BCUT2D eigenvalue weighted by atomic mass is 10.1. The zero-order valence-electron chi connectivity index (χ0n) is 11.2. The van der Waals surface area contributed by atoms with E-state index in [0.717, 1.165) is 25.3 Å². The molecule has 4 rings (SSSR count). The monoisotopic (exact) mass is 265 g/mol. The Morgan fingerprint density at radius 3 is 2.85 bits per heavy atom. The lowest BCUT2D eigenvalue weighted by Crippen LogP contribution is -2.31. The lowest BCUT2D eigenvalue weighted by molar-refractivity contribution is 0.638. The van der Waals surface area contributed by atoms with Crippen molar-refractivity contribution in [3.05, 3.63) is 41.6 Å². The molecule has 0 unspecified atom stereocenters. The highest BCUT2D eigenvalue weighted by molar-refractivity contribution is 5.44. The van der Waals surface area contributed by atoms with Crippen LogP contribution in [0.4, 0.5) is 5.82 Å². The third kappa shape index (κ3) is 1.85. The molecule has 5 nitrogen and oxygen atoms in total. The van der Waals surface area contributed by atoms with Gasteiger partial charge in [-0.2, -0.15) is 5.26 Å². The second-order valence-corrected chi connectivity index (χ2v) is 5.46. The minimum absolute atomic E-state index is 0.601. The van der Waals surface area contributed by atoms with Gasteiger partial charge in [-0.3, -0.25) is 0 Å². The van der Waals surface area contributed by atoms with Gasteiger partial charge in [0.15, 0.2) is 0 Å². The summed E-state index contributed by atoms with van der Waals surface area (Å²) in [6, 6.07) is 6.54. The van der Waals surface area contributed by atoms with Crippen LogP contribution in [-0.4, -0.2) is 21.1 Å². The van der Waals surface area contributed by atoms with Crippen LogP contribution in [0.5, 0.6) is 0 Å². The number of rotatable bonds is 2. The molecule has 0 radical (unpaired) electrons. The van der Waals surface area contributed by atoms with E-state index in [-0.39, 0.29) is 0 Å². The van der Waals surface area contributed by atoms with Gasteiger partial charge < -0.3 is 9.47 Å². The molecular formula is C15H15N5. The van der Waals surface area contributed by atoms with Crippen LogP contribution in [0, 0.1) is 11.3 Å². The molecule has 0 aromatic carbocycles. The van der Waals surface area contributed by atoms with Crippen LogP contribution < -0.4 is 4.90 Å². The Morgan fingerprint density at radius 1 is 1.25 bits per heavy atom. The number of hydrogen-bond donors (Lipinski definition) is 0. The molecule has 0 atom stereocenters. The van der Waals surface area contributed by atoms with Crippen molar-refractivity contribution in [2.75, 3.05) is 11.4 Å². The van der Waals surface area contributed by atoms with Crippen molar-refractivity contribution >= 4 is 5.82 Å². The van der Waals surface area contributed by atoms with E-state index in [9.17, 15) is 0 Å².